The Balaban J connectivity index is 1.79. The SMILES string of the molecule is CCOc1ccc(-c2csc(/C(C#N)=C/Nc3ccc(Br)cc3C)n2)cc1. The number of nitrogens with one attached hydrogen (secondary N) is 1. The molecule has 0 radical (unpaired) electrons. The molecule has 0 fully saturated rings. The highest BCUT2D eigenvalue weighted by molar-refractivity contribution is 9.10. The molecule has 0 saturated heterocycles. The van der Waals surface area contributed by atoms with E-state index in [0.29, 0.717) is 17.2 Å². The van der Waals surface area contributed by atoms with Crippen molar-refractivity contribution < 1.29 is 4.74 Å². The maximum Gasteiger partial charge on any atom is 0.136 e. The minimum Gasteiger partial charge on any atom is -0.494 e. The van der Waals surface area contributed by atoms with Gasteiger partial charge in [-0.1, -0.05) is 15.9 Å². The lowest BCUT2D eigenvalue weighted by atomic mass is 10.2. The Bertz CT molecular complexity index is 1000. The summed E-state index contributed by atoms with van der Waals surface area (Å²) < 4.78 is 6.49. The van der Waals surface area contributed by atoms with Crippen LogP contribution >= 0.6 is 27.3 Å². The molecule has 1 heterocycles. The Morgan fingerprint density at radius 1 is 1.30 bits per heavy atom. The van der Waals surface area contributed by atoms with Crippen LogP contribution in [0.25, 0.3) is 16.8 Å². The van der Waals surface area contributed by atoms with E-state index < -0.39 is 0 Å². The highest BCUT2D eigenvalue weighted by atomic mass is 79.9. The second-order valence-corrected chi connectivity index (χ2v) is 7.54. The predicted octanol–water partition coefficient (Wildman–Crippen LogP) is 6.26. The standard InChI is InChI=1S/C21H18BrN3OS/c1-3-26-18-7-4-15(5-8-18)20-13-27-21(25-20)16(11-23)12-24-19-9-6-17(22)10-14(19)2/h4-10,12-13,24H,3H2,1-2H3/b16-12+. The number of nitrogens with zero attached hydrogens (tertiary/aromatic N) is 2. The van der Waals surface area contributed by atoms with E-state index in [4.69, 9.17) is 4.74 Å². The summed E-state index contributed by atoms with van der Waals surface area (Å²) in [6.07, 6.45) is 1.71. The molecule has 27 heavy (non-hydrogen) atoms. The van der Waals surface area contributed by atoms with Crippen LogP contribution in [-0.2, 0) is 0 Å². The van der Waals surface area contributed by atoms with Crippen molar-refractivity contribution >= 4 is 38.5 Å². The summed E-state index contributed by atoms with van der Waals surface area (Å²) in [5.41, 5.74) is 4.38. The minimum absolute atomic E-state index is 0.500. The van der Waals surface area contributed by atoms with Crippen LogP contribution in [0.3, 0.4) is 0 Å². The topological polar surface area (TPSA) is 57.9 Å². The van der Waals surface area contributed by atoms with E-state index in [1.165, 1.54) is 11.3 Å². The van der Waals surface area contributed by atoms with Gasteiger partial charge >= 0.3 is 0 Å². The lowest BCUT2D eigenvalue weighted by Crippen LogP contribution is -1.93. The summed E-state index contributed by atoms with van der Waals surface area (Å²) in [7, 11) is 0. The zero-order valence-corrected chi connectivity index (χ0v) is 17.4. The van der Waals surface area contributed by atoms with Crippen LogP contribution in [0.1, 0.15) is 17.5 Å². The molecule has 0 saturated carbocycles. The van der Waals surface area contributed by atoms with Gasteiger partial charge in [-0.05, 0) is 61.9 Å². The highest BCUT2D eigenvalue weighted by Gasteiger charge is 2.09. The Morgan fingerprint density at radius 2 is 2.07 bits per heavy atom. The lowest BCUT2D eigenvalue weighted by molar-refractivity contribution is 0.340. The van der Waals surface area contributed by atoms with Crippen molar-refractivity contribution in [2.45, 2.75) is 13.8 Å². The maximum atomic E-state index is 9.53. The quantitative estimate of drug-likeness (QED) is 0.460. The molecule has 4 nitrogen and oxygen atoms in total. The van der Waals surface area contributed by atoms with E-state index in [9.17, 15) is 5.26 Å². The van der Waals surface area contributed by atoms with Crippen molar-refractivity contribution in [1.29, 1.82) is 5.26 Å². The number of anilines is 1. The van der Waals surface area contributed by atoms with Crippen LogP contribution in [-0.4, -0.2) is 11.6 Å². The summed E-state index contributed by atoms with van der Waals surface area (Å²) >= 11 is 4.91. The summed E-state index contributed by atoms with van der Waals surface area (Å²) in [5, 5.41) is 15.4. The molecule has 0 unspecified atom stereocenters. The molecule has 0 aliphatic carbocycles. The maximum absolute atomic E-state index is 9.53. The number of aromatic nitrogens is 1. The molecule has 1 N–H and O–H groups in total. The van der Waals surface area contributed by atoms with Gasteiger partial charge in [-0.25, -0.2) is 4.98 Å². The number of ether oxygens (including phenoxy) is 1. The first-order valence-corrected chi connectivity index (χ1v) is 10.1. The van der Waals surface area contributed by atoms with Gasteiger partial charge < -0.3 is 10.1 Å². The summed E-state index contributed by atoms with van der Waals surface area (Å²) in [5.74, 6) is 0.836. The van der Waals surface area contributed by atoms with E-state index in [1.54, 1.807) is 6.20 Å². The van der Waals surface area contributed by atoms with Crippen LogP contribution in [0.4, 0.5) is 5.69 Å². The number of hydrogen-bond donors (Lipinski definition) is 1. The normalized spacial score (nSPS) is 11.1. The lowest BCUT2D eigenvalue weighted by Gasteiger charge is -2.06. The van der Waals surface area contributed by atoms with E-state index in [-0.39, 0.29) is 0 Å². The molecular weight excluding hydrogens is 422 g/mol. The van der Waals surface area contributed by atoms with E-state index in [0.717, 1.165) is 32.7 Å². The zero-order chi connectivity index (χ0) is 19.2. The van der Waals surface area contributed by atoms with Crippen molar-refractivity contribution in [2.75, 3.05) is 11.9 Å². The third-order valence-corrected chi connectivity index (χ3v) is 5.25. The van der Waals surface area contributed by atoms with Gasteiger partial charge in [0.1, 0.15) is 22.4 Å². The molecule has 136 valence electrons. The van der Waals surface area contributed by atoms with Gasteiger partial charge in [0, 0.05) is 27.3 Å². The number of nitriles is 1. The van der Waals surface area contributed by atoms with Crippen LogP contribution in [0.15, 0.2) is 58.5 Å². The molecule has 0 aliphatic heterocycles. The van der Waals surface area contributed by atoms with Crippen LogP contribution in [0.5, 0.6) is 5.75 Å². The van der Waals surface area contributed by atoms with Crippen LogP contribution in [0, 0.1) is 18.3 Å². The monoisotopic (exact) mass is 439 g/mol. The number of thiazole rings is 1. The number of benzene rings is 2. The number of hydrogen-bond acceptors (Lipinski definition) is 5. The van der Waals surface area contributed by atoms with Gasteiger partial charge in [0.15, 0.2) is 0 Å². The molecule has 2 aromatic carbocycles. The number of allylic oxidation sites excluding steroid dienone is 1. The van der Waals surface area contributed by atoms with Crippen molar-refractivity contribution in [3.63, 3.8) is 0 Å². The molecule has 0 spiro atoms. The van der Waals surface area contributed by atoms with Crippen LogP contribution in [0.2, 0.25) is 0 Å². The first-order valence-electron chi connectivity index (χ1n) is 8.42. The highest BCUT2D eigenvalue weighted by Crippen LogP contribution is 2.28. The first kappa shape index (κ1) is 19.2. The summed E-state index contributed by atoms with van der Waals surface area (Å²) in [4.78, 5) is 4.62. The van der Waals surface area contributed by atoms with Gasteiger partial charge in [0.25, 0.3) is 0 Å². The molecule has 6 heteroatoms. The second kappa shape index (κ2) is 8.85. The van der Waals surface area contributed by atoms with Crippen LogP contribution < -0.4 is 10.1 Å². The molecule has 3 aromatic rings. The predicted molar refractivity (Wildman–Crippen MR) is 115 cm³/mol. The Hall–Kier alpha value is -2.62. The van der Waals surface area contributed by atoms with Gasteiger partial charge in [0.2, 0.25) is 0 Å². The Labute approximate surface area is 171 Å². The number of aryl methyl sites for hydroxylation is 1. The van der Waals surface area contributed by atoms with E-state index >= 15 is 0 Å². The fourth-order valence-corrected chi connectivity index (χ4v) is 3.77. The first-order chi connectivity index (χ1) is 13.1. The fourth-order valence-electron chi connectivity index (χ4n) is 2.50. The third-order valence-electron chi connectivity index (χ3n) is 3.88. The molecule has 0 atom stereocenters. The van der Waals surface area contributed by atoms with Crippen molar-refractivity contribution in [1.82, 2.24) is 4.98 Å². The van der Waals surface area contributed by atoms with Gasteiger partial charge in [-0.2, -0.15) is 5.26 Å². The zero-order valence-electron chi connectivity index (χ0n) is 15.0. The average molecular weight is 440 g/mol. The molecule has 0 aliphatic rings. The Kier molecular flexibility index (Phi) is 6.28. The van der Waals surface area contributed by atoms with E-state index in [2.05, 4.69) is 32.3 Å². The number of halogens is 1. The summed E-state index contributed by atoms with van der Waals surface area (Å²) in [6.45, 7) is 4.61. The van der Waals surface area contributed by atoms with Crippen molar-refractivity contribution in [3.8, 4) is 23.1 Å². The molecular formula is C21H18BrN3OS. The van der Waals surface area contributed by atoms with Crippen molar-refractivity contribution in [2.24, 2.45) is 0 Å². The molecule has 1 aromatic heterocycles. The van der Waals surface area contributed by atoms with Gasteiger partial charge in [-0.15, -0.1) is 11.3 Å². The number of rotatable bonds is 6. The van der Waals surface area contributed by atoms with Gasteiger partial charge in [-0.3, -0.25) is 0 Å². The minimum atomic E-state index is 0.500. The van der Waals surface area contributed by atoms with E-state index in [1.807, 2.05) is 61.7 Å². The molecule has 0 amide bonds. The second-order valence-electron chi connectivity index (χ2n) is 5.77. The fraction of sp³-hybridized carbons (Fsp3) is 0.143. The smallest absolute Gasteiger partial charge is 0.136 e. The largest absolute Gasteiger partial charge is 0.494 e. The molecule has 3 rings (SSSR count). The van der Waals surface area contributed by atoms with Crippen molar-refractivity contribution in [3.05, 3.63) is 69.1 Å². The average Bonchev–Trinajstić information content (AvgIpc) is 3.14. The third kappa shape index (κ3) is 4.76. The summed E-state index contributed by atoms with van der Waals surface area (Å²) in [6, 6.07) is 16.0. The molecule has 0 bridgehead atoms. The van der Waals surface area contributed by atoms with Gasteiger partial charge in [0.05, 0.1) is 12.3 Å². The Morgan fingerprint density at radius 3 is 2.74 bits per heavy atom.